The highest BCUT2D eigenvalue weighted by molar-refractivity contribution is 5.97. The first-order valence-corrected chi connectivity index (χ1v) is 8.56. The maximum Gasteiger partial charge on any atom is 0.339 e. The second-order valence-corrected chi connectivity index (χ2v) is 6.57. The van der Waals surface area contributed by atoms with E-state index in [1.807, 2.05) is 12.1 Å². The van der Waals surface area contributed by atoms with Gasteiger partial charge in [-0.1, -0.05) is 32.0 Å². The molecule has 1 N–H and O–H groups in total. The van der Waals surface area contributed by atoms with Gasteiger partial charge in [0.05, 0.1) is 10.5 Å². The van der Waals surface area contributed by atoms with Crippen LogP contribution in [0.15, 0.2) is 42.5 Å². The van der Waals surface area contributed by atoms with Crippen molar-refractivity contribution in [2.24, 2.45) is 0 Å². The number of nitrogens with one attached hydrogen (secondary N) is 1. The summed E-state index contributed by atoms with van der Waals surface area (Å²) in [6, 6.07) is 11.4. The topological polar surface area (TPSA) is 98.5 Å². The second kappa shape index (κ2) is 8.44. The van der Waals surface area contributed by atoms with Gasteiger partial charge in [0.1, 0.15) is 0 Å². The maximum absolute atomic E-state index is 12.2. The summed E-state index contributed by atoms with van der Waals surface area (Å²) in [4.78, 5) is 34.8. The van der Waals surface area contributed by atoms with E-state index in [1.165, 1.54) is 19.1 Å². The molecular weight excluding hydrogens is 348 g/mol. The molecule has 0 saturated heterocycles. The van der Waals surface area contributed by atoms with Gasteiger partial charge < -0.3 is 10.1 Å². The van der Waals surface area contributed by atoms with Crippen molar-refractivity contribution in [2.45, 2.75) is 39.7 Å². The smallest absolute Gasteiger partial charge is 0.339 e. The Bertz CT molecular complexity index is 859. The number of hydrogen-bond donors (Lipinski definition) is 1. The van der Waals surface area contributed by atoms with Crippen LogP contribution in [0.25, 0.3) is 0 Å². The van der Waals surface area contributed by atoms with Crippen molar-refractivity contribution in [3.05, 3.63) is 69.3 Å². The Morgan fingerprint density at radius 2 is 1.70 bits per heavy atom. The molecule has 2 aromatic carbocycles. The summed E-state index contributed by atoms with van der Waals surface area (Å²) in [5.74, 6) is -0.897. The largest absolute Gasteiger partial charge is 0.449 e. The third-order valence-corrected chi connectivity index (χ3v) is 4.14. The summed E-state index contributed by atoms with van der Waals surface area (Å²) < 4.78 is 5.13. The van der Waals surface area contributed by atoms with Crippen molar-refractivity contribution in [3.63, 3.8) is 0 Å². The fraction of sp³-hybridized carbons (Fsp3) is 0.300. The molecule has 0 bridgehead atoms. The third-order valence-electron chi connectivity index (χ3n) is 4.14. The summed E-state index contributed by atoms with van der Waals surface area (Å²) in [6.45, 7) is 7.17. The average Bonchev–Trinajstić information content (AvgIpc) is 2.62. The number of carbonyl (C=O) groups is 2. The Morgan fingerprint density at radius 1 is 1.07 bits per heavy atom. The molecule has 0 heterocycles. The van der Waals surface area contributed by atoms with Crippen LogP contribution in [0.3, 0.4) is 0 Å². The number of carbonyl (C=O) groups excluding carboxylic acids is 2. The molecule has 0 radical (unpaired) electrons. The molecule has 0 aliphatic heterocycles. The molecule has 7 nitrogen and oxygen atoms in total. The molecule has 2 rings (SSSR count). The average molecular weight is 370 g/mol. The second-order valence-electron chi connectivity index (χ2n) is 6.57. The minimum absolute atomic E-state index is 0.0215. The predicted molar refractivity (Wildman–Crippen MR) is 102 cm³/mol. The number of nitro groups is 1. The highest BCUT2D eigenvalue weighted by atomic mass is 16.6. The number of nitro benzene ring substituents is 1. The van der Waals surface area contributed by atoms with Crippen LogP contribution in [0.4, 0.5) is 11.4 Å². The van der Waals surface area contributed by atoms with Gasteiger partial charge in [0.2, 0.25) is 0 Å². The molecule has 142 valence electrons. The molecule has 0 fully saturated rings. The molecule has 7 heteroatoms. The maximum atomic E-state index is 12.2. The first kappa shape index (κ1) is 20.1. The van der Waals surface area contributed by atoms with Gasteiger partial charge in [-0.2, -0.15) is 0 Å². The van der Waals surface area contributed by atoms with Gasteiger partial charge in [0.25, 0.3) is 11.6 Å². The molecular formula is C20H22N2O5. The van der Waals surface area contributed by atoms with Gasteiger partial charge in [0, 0.05) is 17.3 Å². The zero-order chi connectivity index (χ0) is 20.1. The van der Waals surface area contributed by atoms with Crippen LogP contribution in [-0.4, -0.2) is 22.9 Å². The SMILES string of the molecule is Cc1ccc(C(=O)O[C@H](C)C(=O)Nc2ccc(C(C)C)cc2)cc1[N+](=O)[O-]. The van der Waals surface area contributed by atoms with Gasteiger partial charge in [-0.3, -0.25) is 14.9 Å². The lowest BCUT2D eigenvalue weighted by atomic mass is 10.0. The lowest BCUT2D eigenvalue weighted by molar-refractivity contribution is -0.385. The molecule has 0 aliphatic rings. The Morgan fingerprint density at radius 3 is 2.26 bits per heavy atom. The van der Waals surface area contributed by atoms with Crippen LogP contribution in [0.5, 0.6) is 0 Å². The lowest BCUT2D eigenvalue weighted by Crippen LogP contribution is -2.30. The molecule has 0 spiro atoms. The number of nitrogens with zero attached hydrogens (tertiary/aromatic N) is 1. The third kappa shape index (κ3) is 5.13. The number of amides is 1. The predicted octanol–water partition coefficient (Wildman–Crippen LogP) is 4.21. The lowest BCUT2D eigenvalue weighted by Gasteiger charge is -2.14. The van der Waals surface area contributed by atoms with Crippen molar-refractivity contribution in [2.75, 3.05) is 5.32 Å². The Kier molecular flexibility index (Phi) is 6.28. The quantitative estimate of drug-likeness (QED) is 0.466. The fourth-order valence-corrected chi connectivity index (χ4v) is 2.41. The minimum Gasteiger partial charge on any atom is -0.449 e. The first-order valence-electron chi connectivity index (χ1n) is 8.56. The van der Waals surface area contributed by atoms with E-state index >= 15 is 0 Å². The minimum atomic E-state index is -1.05. The van der Waals surface area contributed by atoms with Crippen molar-refractivity contribution in [3.8, 4) is 0 Å². The normalized spacial score (nSPS) is 11.7. The summed E-state index contributed by atoms with van der Waals surface area (Å²) in [6.07, 6.45) is -1.05. The summed E-state index contributed by atoms with van der Waals surface area (Å²) in [7, 11) is 0. The molecule has 2 aromatic rings. The van der Waals surface area contributed by atoms with E-state index < -0.39 is 22.9 Å². The highest BCUT2D eigenvalue weighted by Gasteiger charge is 2.21. The number of aryl methyl sites for hydroxylation is 1. The zero-order valence-electron chi connectivity index (χ0n) is 15.7. The highest BCUT2D eigenvalue weighted by Crippen LogP contribution is 2.20. The van der Waals surface area contributed by atoms with Crippen LogP contribution >= 0.6 is 0 Å². The van der Waals surface area contributed by atoms with E-state index in [9.17, 15) is 19.7 Å². The Labute approximate surface area is 157 Å². The molecule has 0 unspecified atom stereocenters. The first-order chi connectivity index (χ1) is 12.7. The van der Waals surface area contributed by atoms with Crippen molar-refractivity contribution in [1.82, 2.24) is 0 Å². The van der Waals surface area contributed by atoms with Gasteiger partial charge in [-0.15, -0.1) is 0 Å². The summed E-state index contributed by atoms with van der Waals surface area (Å²) in [5.41, 5.74) is 2.03. The van der Waals surface area contributed by atoms with Gasteiger partial charge >= 0.3 is 5.97 Å². The molecule has 1 atom stereocenters. The molecule has 1 amide bonds. The van der Waals surface area contributed by atoms with Gasteiger partial charge in [-0.05, 0) is 43.5 Å². The van der Waals surface area contributed by atoms with Crippen LogP contribution in [-0.2, 0) is 9.53 Å². The Balaban J connectivity index is 2.02. The number of rotatable bonds is 6. The number of anilines is 1. The zero-order valence-corrected chi connectivity index (χ0v) is 15.7. The van der Waals surface area contributed by atoms with E-state index in [0.717, 1.165) is 11.6 Å². The van der Waals surface area contributed by atoms with Crippen LogP contribution in [0.2, 0.25) is 0 Å². The van der Waals surface area contributed by atoms with Crippen molar-refractivity contribution in [1.29, 1.82) is 0 Å². The van der Waals surface area contributed by atoms with Crippen LogP contribution in [0.1, 0.15) is 48.2 Å². The van der Waals surface area contributed by atoms with E-state index in [1.54, 1.807) is 19.1 Å². The number of benzene rings is 2. The van der Waals surface area contributed by atoms with Crippen LogP contribution in [0, 0.1) is 17.0 Å². The van der Waals surface area contributed by atoms with Gasteiger partial charge in [0.15, 0.2) is 6.10 Å². The Hall–Kier alpha value is -3.22. The van der Waals surface area contributed by atoms with Crippen LogP contribution < -0.4 is 5.32 Å². The van der Waals surface area contributed by atoms with E-state index in [2.05, 4.69) is 19.2 Å². The van der Waals surface area contributed by atoms with Crippen molar-refractivity contribution >= 4 is 23.3 Å². The number of esters is 1. The van der Waals surface area contributed by atoms with E-state index in [0.29, 0.717) is 17.2 Å². The monoisotopic (exact) mass is 370 g/mol. The van der Waals surface area contributed by atoms with E-state index in [4.69, 9.17) is 4.74 Å². The van der Waals surface area contributed by atoms with Crippen molar-refractivity contribution < 1.29 is 19.2 Å². The standard InChI is InChI=1S/C20H22N2O5/c1-12(2)15-7-9-17(10-8-15)21-19(23)14(4)27-20(24)16-6-5-13(3)18(11-16)22(25)26/h5-12,14H,1-4H3,(H,21,23)/t14-/m1/s1. The molecule has 0 aromatic heterocycles. The number of hydrogen-bond acceptors (Lipinski definition) is 5. The van der Waals surface area contributed by atoms with Gasteiger partial charge in [-0.25, -0.2) is 4.79 Å². The van der Waals surface area contributed by atoms with E-state index in [-0.39, 0.29) is 11.3 Å². The molecule has 0 saturated carbocycles. The fourth-order valence-electron chi connectivity index (χ4n) is 2.41. The molecule has 0 aliphatic carbocycles. The molecule has 27 heavy (non-hydrogen) atoms. The summed E-state index contributed by atoms with van der Waals surface area (Å²) in [5, 5.41) is 13.7. The summed E-state index contributed by atoms with van der Waals surface area (Å²) >= 11 is 0. The number of ether oxygens (including phenoxy) is 1.